The minimum Gasteiger partial charge on any atom is -0.496 e. The Balaban J connectivity index is 1.94. The van der Waals surface area contributed by atoms with E-state index in [0.717, 1.165) is 23.9 Å². The Morgan fingerprint density at radius 1 is 1.30 bits per heavy atom. The lowest BCUT2D eigenvalue weighted by Crippen LogP contribution is -2.41. The van der Waals surface area contributed by atoms with E-state index in [9.17, 15) is 0 Å². The number of likely N-dealkylation sites (tertiary alicyclic amines) is 1. The van der Waals surface area contributed by atoms with Crippen LogP contribution in [0.1, 0.15) is 24.0 Å². The van der Waals surface area contributed by atoms with Gasteiger partial charge >= 0.3 is 0 Å². The number of hydrogen-bond acceptors (Lipinski definition) is 4. The summed E-state index contributed by atoms with van der Waals surface area (Å²) in [5, 5.41) is 0. The van der Waals surface area contributed by atoms with Crippen LogP contribution < -0.4 is 10.5 Å². The third-order valence-corrected chi connectivity index (χ3v) is 4.26. The van der Waals surface area contributed by atoms with Crippen molar-refractivity contribution in [2.24, 2.45) is 5.73 Å². The van der Waals surface area contributed by atoms with Crippen LogP contribution in [0.2, 0.25) is 0 Å². The first-order valence-corrected chi connectivity index (χ1v) is 7.38. The van der Waals surface area contributed by atoms with Gasteiger partial charge in [-0.1, -0.05) is 6.07 Å². The molecule has 112 valence electrons. The molecule has 0 unspecified atom stereocenters. The van der Waals surface area contributed by atoms with Crippen molar-refractivity contribution in [3.05, 3.63) is 29.3 Å². The van der Waals surface area contributed by atoms with E-state index in [-0.39, 0.29) is 0 Å². The quantitative estimate of drug-likeness (QED) is 0.889. The monoisotopic (exact) mass is 277 g/mol. The van der Waals surface area contributed by atoms with E-state index in [1.54, 1.807) is 7.11 Å². The predicted octanol–water partition coefficient (Wildman–Crippen LogP) is 1.68. The molecular weight excluding hydrogens is 250 g/mol. The van der Waals surface area contributed by atoms with Crippen molar-refractivity contribution >= 4 is 0 Å². The van der Waals surface area contributed by atoms with Gasteiger partial charge in [0.1, 0.15) is 5.75 Å². The zero-order valence-corrected chi connectivity index (χ0v) is 12.9. The molecule has 0 atom stereocenters. The summed E-state index contributed by atoms with van der Waals surface area (Å²) >= 11 is 0. The minimum atomic E-state index is 0.527. The third kappa shape index (κ3) is 3.72. The molecule has 20 heavy (non-hydrogen) atoms. The molecule has 0 aliphatic carbocycles. The highest BCUT2D eigenvalue weighted by atomic mass is 16.5. The SMILES string of the molecule is COc1ccc(CN2CCC(N(C)C)CC2)cc1CN. The zero-order chi connectivity index (χ0) is 14.5. The van der Waals surface area contributed by atoms with Gasteiger partial charge in [-0.05, 0) is 57.7 Å². The molecule has 1 fully saturated rings. The second kappa shape index (κ2) is 7.07. The molecule has 0 amide bonds. The van der Waals surface area contributed by atoms with Crippen LogP contribution in [0.4, 0.5) is 0 Å². The summed E-state index contributed by atoms with van der Waals surface area (Å²) in [5.74, 6) is 0.891. The Labute approximate surface area is 122 Å². The largest absolute Gasteiger partial charge is 0.496 e. The Hall–Kier alpha value is -1.10. The summed E-state index contributed by atoms with van der Waals surface area (Å²) in [5.41, 5.74) is 8.20. The first-order valence-electron chi connectivity index (χ1n) is 7.38. The maximum Gasteiger partial charge on any atom is 0.123 e. The van der Waals surface area contributed by atoms with Crippen molar-refractivity contribution in [3.8, 4) is 5.75 Å². The molecule has 0 aromatic heterocycles. The van der Waals surface area contributed by atoms with Gasteiger partial charge in [-0.2, -0.15) is 0 Å². The van der Waals surface area contributed by atoms with E-state index in [1.807, 2.05) is 6.07 Å². The van der Waals surface area contributed by atoms with Crippen LogP contribution in [-0.2, 0) is 13.1 Å². The van der Waals surface area contributed by atoms with Crippen molar-refractivity contribution in [2.45, 2.75) is 32.0 Å². The van der Waals surface area contributed by atoms with Gasteiger partial charge in [-0.3, -0.25) is 4.90 Å². The van der Waals surface area contributed by atoms with Gasteiger partial charge in [0.05, 0.1) is 7.11 Å². The molecule has 0 bridgehead atoms. The van der Waals surface area contributed by atoms with Crippen molar-refractivity contribution < 1.29 is 4.74 Å². The number of methoxy groups -OCH3 is 1. The van der Waals surface area contributed by atoms with Crippen LogP contribution >= 0.6 is 0 Å². The molecule has 0 radical (unpaired) electrons. The second-order valence-electron chi connectivity index (χ2n) is 5.82. The van der Waals surface area contributed by atoms with E-state index in [4.69, 9.17) is 10.5 Å². The van der Waals surface area contributed by atoms with Gasteiger partial charge in [0.25, 0.3) is 0 Å². The van der Waals surface area contributed by atoms with Crippen LogP contribution in [0.3, 0.4) is 0 Å². The zero-order valence-electron chi connectivity index (χ0n) is 12.9. The molecule has 1 aliphatic heterocycles. The molecule has 1 saturated heterocycles. The van der Waals surface area contributed by atoms with Crippen molar-refractivity contribution in [1.29, 1.82) is 0 Å². The van der Waals surface area contributed by atoms with Crippen LogP contribution in [0.15, 0.2) is 18.2 Å². The van der Waals surface area contributed by atoms with Crippen LogP contribution in [0, 0.1) is 0 Å². The van der Waals surface area contributed by atoms with Gasteiger partial charge < -0.3 is 15.4 Å². The van der Waals surface area contributed by atoms with Crippen LogP contribution in [0.25, 0.3) is 0 Å². The molecule has 1 heterocycles. The number of rotatable bonds is 5. The fraction of sp³-hybridized carbons (Fsp3) is 0.625. The number of nitrogens with two attached hydrogens (primary N) is 1. The summed E-state index contributed by atoms with van der Waals surface area (Å²) in [6, 6.07) is 7.10. The Morgan fingerprint density at radius 3 is 2.55 bits per heavy atom. The molecule has 2 rings (SSSR count). The van der Waals surface area contributed by atoms with Crippen molar-refractivity contribution in [2.75, 3.05) is 34.3 Å². The molecule has 0 saturated carbocycles. The van der Waals surface area contributed by atoms with E-state index in [1.165, 1.54) is 31.5 Å². The predicted molar refractivity (Wildman–Crippen MR) is 82.9 cm³/mol. The first-order chi connectivity index (χ1) is 9.63. The fourth-order valence-electron chi connectivity index (χ4n) is 2.94. The summed E-state index contributed by atoms with van der Waals surface area (Å²) in [6.45, 7) is 3.89. The third-order valence-electron chi connectivity index (χ3n) is 4.26. The van der Waals surface area contributed by atoms with E-state index < -0.39 is 0 Å². The normalized spacial score (nSPS) is 17.6. The van der Waals surface area contributed by atoms with Crippen molar-refractivity contribution in [1.82, 2.24) is 9.80 Å². The van der Waals surface area contributed by atoms with Crippen molar-refractivity contribution in [3.63, 3.8) is 0 Å². The minimum absolute atomic E-state index is 0.527. The molecule has 4 heteroatoms. The first kappa shape index (κ1) is 15.3. The molecule has 1 aliphatic rings. The van der Waals surface area contributed by atoms with Crippen LogP contribution in [-0.4, -0.2) is 50.1 Å². The number of nitrogens with zero attached hydrogens (tertiary/aromatic N) is 2. The summed E-state index contributed by atoms with van der Waals surface area (Å²) in [6.07, 6.45) is 2.51. The topological polar surface area (TPSA) is 41.7 Å². The number of hydrogen-bond donors (Lipinski definition) is 1. The smallest absolute Gasteiger partial charge is 0.123 e. The molecule has 1 aromatic carbocycles. The van der Waals surface area contributed by atoms with E-state index in [2.05, 4.69) is 36.0 Å². The summed E-state index contributed by atoms with van der Waals surface area (Å²) < 4.78 is 5.32. The lowest BCUT2D eigenvalue weighted by Gasteiger charge is -2.35. The number of ether oxygens (including phenoxy) is 1. The lowest BCUT2D eigenvalue weighted by molar-refractivity contribution is 0.140. The van der Waals surface area contributed by atoms with Gasteiger partial charge in [0.2, 0.25) is 0 Å². The summed E-state index contributed by atoms with van der Waals surface area (Å²) in [7, 11) is 6.05. The van der Waals surface area contributed by atoms with Gasteiger partial charge in [0, 0.05) is 24.7 Å². The highest BCUT2D eigenvalue weighted by Crippen LogP contribution is 2.22. The molecule has 1 aromatic rings. The van der Waals surface area contributed by atoms with Crippen LogP contribution in [0.5, 0.6) is 5.75 Å². The standard InChI is InChI=1S/C16H27N3O/c1-18(2)15-6-8-19(9-7-15)12-13-4-5-16(20-3)14(10-13)11-17/h4-5,10,15H,6-9,11-12,17H2,1-3H3. The molecule has 2 N–H and O–H groups in total. The van der Waals surface area contributed by atoms with E-state index >= 15 is 0 Å². The Bertz CT molecular complexity index is 426. The molecule has 0 spiro atoms. The highest BCUT2D eigenvalue weighted by Gasteiger charge is 2.20. The Morgan fingerprint density at radius 2 is 2.00 bits per heavy atom. The lowest BCUT2D eigenvalue weighted by atomic mass is 10.0. The highest BCUT2D eigenvalue weighted by molar-refractivity contribution is 5.37. The maximum atomic E-state index is 5.78. The Kier molecular flexibility index (Phi) is 5.40. The molecular formula is C16H27N3O. The maximum absolute atomic E-state index is 5.78. The second-order valence-corrected chi connectivity index (χ2v) is 5.82. The fourth-order valence-corrected chi connectivity index (χ4v) is 2.94. The average Bonchev–Trinajstić information content (AvgIpc) is 2.47. The molecule has 4 nitrogen and oxygen atoms in total. The van der Waals surface area contributed by atoms with Gasteiger partial charge in [-0.25, -0.2) is 0 Å². The van der Waals surface area contributed by atoms with Gasteiger partial charge in [-0.15, -0.1) is 0 Å². The summed E-state index contributed by atoms with van der Waals surface area (Å²) in [4.78, 5) is 4.87. The average molecular weight is 277 g/mol. The van der Waals surface area contributed by atoms with E-state index in [0.29, 0.717) is 6.54 Å². The van der Waals surface area contributed by atoms with Gasteiger partial charge in [0.15, 0.2) is 0 Å². The number of piperidine rings is 1. The number of benzene rings is 1.